The second-order valence-electron chi connectivity index (χ2n) is 8.40. The average Bonchev–Trinajstić information content (AvgIpc) is 3.37. The van der Waals surface area contributed by atoms with Crippen LogP contribution in [0, 0.1) is 6.92 Å². The summed E-state index contributed by atoms with van der Waals surface area (Å²) >= 11 is 1.56. The highest BCUT2D eigenvalue weighted by Gasteiger charge is 2.40. The molecule has 4 aromatic rings. The van der Waals surface area contributed by atoms with Crippen molar-refractivity contribution in [2.24, 2.45) is 0 Å². The maximum atomic E-state index is 13.2. The Morgan fingerprint density at radius 3 is 2.54 bits per heavy atom. The molecule has 1 aliphatic rings. The summed E-state index contributed by atoms with van der Waals surface area (Å²) in [7, 11) is 0. The van der Waals surface area contributed by atoms with Crippen molar-refractivity contribution in [1.29, 1.82) is 0 Å². The van der Waals surface area contributed by atoms with Gasteiger partial charge in [-0.3, -0.25) is 9.59 Å². The molecule has 1 unspecified atom stereocenters. The Morgan fingerprint density at radius 2 is 1.80 bits per heavy atom. The fourth-order valence-electron chi connectivity index (χ4n) is 4.16. The first-order chi connectivity index (χ1) is 16.7. The van der Waals surface area contributed by atoms with Gasteiger partial charge in [0, 0.05) is 12.1 Å². The minimum Gasteiger partial charge on any atom is -0.301 e. The van der Waals surface area contributed by atoms with Gasteiger partial charge < -0.3 is 5.32 Å². The Bertz CT molecular complexity index is 1430. The zero-order valence-electron chi connectivity index (χ0n) is 18.6. The molecular weight excluding hydrogens is 475 g/mol. The molecule has 1 aliphatic heterocycles. The molecule has 5 nitrogen and oxygen atoms in total. The lowest BCUT2D eigenvalue weighted by Gasteiger charge is -2.17. The van der Waals surface area contributed by atoms with E-state index in [1.54, 1.807) is 35.6 Å². The first-order valence-corrected chi connectivity index (χ1v) is 11.8. The predicted octanol–water partition coefficient (Wildman–Crippen LogP) is 5.71. The van der Waals surface area contributed by atoms with E-state index in [-0.39, 0.29) is 18.5 Å². The van der Waals surface area contributed by atoms with Crippen molar-refractivity contribution in [2.75, 3.05) is 4.90 Å². The lowest BCUT2D eigenvalue weighted by molar-refractivity contribution is -0.138. The number of amides is 2. The van der Waals surface area contributed by atoms with E-state index in [1.807, 2.05) is 19.1 Å². The molecule has 9 heteroatoms. The number of thiazole rings is 1. The maximum Gasteiger partial charge on any atom is 0.416 e. The van der Waals surface area contributed by atoms with Crippen molar-refractivity contribution in [2.45, 2.75) is 32.1 Å². The Hall–Kier alpha value is -3.56. The van der Waals surface area contributed by atoms with E-state index in [2.05, 4.69) is 16.4 Å². The van der Waals surface area contributed by atoms with Crippen LogP contribution in [-0.2, 0) is 22.3 Å². The lowest BCUT2D eigenvalue weighted by atomic mass is 10.1. The molecule has 0 aliphatic carbocycles. The summed E-state index contributed by atoms with van der Waals surface area (Å²) in [6.07, 6.45) is -4.62. The van der Waals surface area contributed by atoms with Gasteiger partial charge >= 0.3 is 6.18 Å². The van der Waals surface area contributed by atoms with E-state index in [1.165, 1.54) is 18.2 Å². The normalized spacial score (nSPS) is 16.5. The molecule has 0 radical (unpaired) electrons. The van der Waals surface area contributed by atoms with Crippen molar-refractivity contribution in [1.82, 2.24) is 10.3 Å². The molecule has 1 saturated heterocycles. The number of benzene rings is 3. The maximum absolute atomic E-state index is 13.2. The minimum atomic E-state index is -4.50. The van der Waals surface area contributed by atoms with Crippen molar-refractivity contribution >= 4 is 39.1 Å². The van der Waals surface area contributed by atoms with E-state index >= 15 is 0 Å². The van der Waals surface area contributed by atoms with Crippen molar-refractivity contribution < 1.29 is 22.8 Å². The van der Waals surface area contributed by atoms with Crippen LogP contribution in [0.25, 0.3) is 20.8 Å². The Morgan fingerprint density at radius 1 is 1.06 bits per heavy atom. The van der Waals surface area contributed by atoms with Crippen molar-refractivity contribution in [3.05, 3.63) is 83.4 Å². The van der Waals surface area contributed by atoms with Gasteiger partial charge in [-0.1, -0.05) is 24.3 Å². The Balaban J connectivity index is 1.31. The number of carbonyl (C=O) groups is 2. The molecule has 1 aromatic heterocycles. The van der Waals surface area contributed by atoms with Crippen LogP contribution in [0.1, 0.15) is 23.1 Å². The van der Waals surface area contributed by atoms with Crippen LogP contribution in [-0.4, -0.2) is 22.8 Å². The van der Waals surface area contributed by atoms with Crippen LogP contribution in [0.5, 0.6) is 0 Å². The molecule has 0 spiro atoms. The molecule has 0 saturated carbocycles. The second-order valence-corrected chi connectivity index (χ2v) is 9.43. The lowest BCUT2D eigenvalue weighted by Crippen LogP contribution is -2.38. The summed E-state index contributed by atoms with van der Waals surface area (Å²) in [5.41, 5.74) is 2.60. The molecule has 1 fully saturated rings. The highest BCUT2D eigenvalue weighted by Crippen LogP contribution is 2.34. The molecule has 1 N–H and O–H groups in total. The summed E-state index contributed by atoms with van der Waals surface area (Å²) in [4.78, 5) is 31.3. The smallest absolute Gasteiger partial charge is 0.301 e. The summed E-state index contributed by atoms with van der Waals surface area (Å²) in [6, 6.07) is 17.3. The third kappa shape index (κ3) is 4.56. The summed E-state index contributed by atoms with van der Waals surface area (Å²) in [6.45, 7) is 1.85. The van der Waals surface area contributed by atoms with Crippen LogP contribution >= 0.6 is 11.3 Å². The van der Waals surface area contributed by atoms with Gasteiger partial charge in [0.25, 0.3) is 5.91 Å². The number of imide groups is 1. The fraction of sp³-hybridized carbons (Fsp3) is 0.192. The number of aryl methyl sites for hydroxylation is 1. The van der Waals surface area contributed by atoms with Crippen LogP contribution in [0.15, 0.2) is 66.7 Å². The summed E-state index contributed by atoms with van der Waals surface area (Å²) in [5, 5.41) is 3.66. The second kappa shape index (κ2) is 8.90. The fourth-order valence-corrected chi connectivity index (χ4v) is 5.22. The number of aromatic nitrogens is 1. The number of nitrogens with one attached hydrogen (secondary N) is 1. The predicted molar refractivity (Wildman–Crippen MR) is 129 cm³/mol. The average molecular weight is 496 g/mol. The molecule has 2 amide bonds. The van der Waals surface area contributed by atoms with Crippen LogP contribution in [0.4, 0.5) is 18.9 Å². The zero-order valence-corrected chi connectivity index (χ0v) is 19.4. The number of alkyl halides is 3. The molecule has 178 valence electrons. The molecule has 1 atom stereocenters. The Kier molecular flexibility index (Phi) is 5.90. The van der Waals surface area contributed by atoms with Gasteiger partial charge in [-0.15, -0.1) is 11.3 Å². The van der Waals surface area contributed by atoms with Gasteiger partial charge in [-0.25, -0.2) is 9.88 Å². The van der Waals surface area contributed by atoms with Crippen LogP contribution in [0.2, 0.25) is 0 Å². The number of rotatable bonds is 5. The van der Waals surface area contributed by atoms with E-state index in [4.69, 9.17) is 0 Å². The molecule has 2 heterocycles. The Labute approximate surface area is 203 Å². The molecule has 3 aromatic carbocycles. The highest BCUT2D eigenvalue weighted by atomic mass is 32.1. The number of nitrogens with zero attached hydrogens (tertiary/aromatic N) is 2. The molecule has 0 bridgehead atoms. The number of hydrogen-bond acceptors (Lipinski definition) is 5. The third-order valence-corrected chi connectivity index (χ3v) is 6.99. The van der Waals surface area contributed by atoms with E-state index in [0.29, 0.717) is 5.69 Å². The minimum absolute atomic E-state index is 0.0223. The highest BCUT2D eigenvalue weighted by molar-refractivity contribution is 7.21. The van der Waals surface area contributed by atoms with Gasteiger partial charge in [0.15, 0.2) is 0 Å². The van der Waals surface area contributed by atoms with Crippen molar-refractivity contribution in [3.8, 4) is 10.6 Å². The van der Waals surface area contributed by atoms with Crippen molar-refractivity contribution in [3.63, 3.8) is 0 Å². The topological polar surface area (TPSA) is 62.3 Å². The molecule has 5 rings (SSSR count). The van der Waals surface area contributed by atoms with Gasteiger partial charge in [-0.05, 0) is 60.5 Å². The standard InChI is InChI=1S/C26H20F3N3O2S/c1-15-6-11-20-22(12-15)35-24(31-20)16-7-9-18(10-8-16)32-23(33)13-21(25(32)34)30-14-17-4-2-3-5-19(17)26(27,28)29/h2-12,21,30H,13-14H2,1H3. The molecular formula is C26H20F3N3O2S. The van der Waals surface area contributed by atoms with E-state index in [9.17, 15) is 22.8 Å². The van der Waals surface area contributed by atoms with Gasteiger partial charge in [0.2, 0.25) is 5.91 Å². The summed E-state index contributed by atoms with van der Waals surface area (Å²) < 4.78 is 40.8. The van der Waals surface area contributed by atoms with Crippen LogP contribution in [0.3, 0.4) is 0 Å². The zero-order chi connectivity index (χ0) is 24.7. The van der Waals surface area contributed by atoms with Gasteiger partial charge in [0.05, 0.1) is 33.9 Å². The third-order valence-electron chi connectivity index (χ3n) is 5.92. The molecule has 35 heavy (non-hydrogen) atoms. The van der Waals surface area contributed by atoms with E-state index < -0.39 is 29.6 Å². The number of anilines is 1. The number of fused-ring (bicyclic) bond motifs is 1. The number of carbonyl (C=O) groups excluding carboxylic acids is 2. The first kappa shape index (κ1) is 23.2. The first-order valence-electron chi connectivity index (χ1n) is 10.9. The van der Waals surface area contributed by atoms with Gasteiger partial charge in [0.1, 0.15) is 5.01 Å². The quantitative estimate of drug-likeness (QED) is 0.360. The SMILES string of the molecule is Cc1ccc2nc(-c3ccc(N4C(=O)CC(NCc5ccccc5C(F)(F)F)C4=O)cc3)sc2c1. The van der Waals surface area contributed by atoms with Crippen LogP contribution < -0.4 is 10.2 Å². The number of hydrogen-bond donors (Lipinski definition) is 1. The van der Waals surface area contributed by atoms with Gasteiger partial charge in [-0.2, -0.15) is 13.2 Å². The largest absolute Gasteiger partial charge is 0.416 e. The monoisotopic (exact) mass is 495 g/mol. The number of halogens is 3. The van der Waals surface area contributed by atoms with E-state index in [0.717, 1.165) is 37.3 Å². The summed E-state index contributed by atoms with van der Waals surface area (Å²) in [5.74, 6) is -0.887.